The van der Waals surface area contributed by atoms with Gasteiger partial charge >= 0.3 is 6.18 Å². The average Bonchev–Trinajstić information content (AvgIpc) is 2.70. The summed E-state index contributed by atoms with van der Waals surface area (Å²) >= 11 is 0. The zero-order chi connectivity index (χ0) is 14.2. The Balaban J connectivity index is 2.37. The number of nitrogens with two attached hydrogens (primary N) is 1. The first-order valence-corrected chi connectivity index (χ1v) is 5.81. The van der Waals surface area contributed by atoms with E-state index in [0.717, 1.165) is 12.1 Å². The molecule has 0 spiro atoms. The van der Waals surface area contributed by atoms with E-state index in [2.05, 4.69) is 5.10 Å². The second kappa shape index (κ2) is 4.60. The van der Waals surface area contributed by atoms with Crippen molar-refractivity contribution in [2.24, 2.45) is 0 Å². The molecule has 0 fully saturated rings. The Morgan fingerprint density at radius 3 is 2.16 bits per heavy atom. The smallest absolute Gasteiger partial charge is 0.396 e. The van der Waals surface area contributed by atoms with Crippen LogP contribution in [0.4, 0.5) is 18.9 Å². The SMILES string of the molecule is CC(C)n1cc(N)c(-c2ccc(C(F)(F)F)cc2)n1. The lowest BCUT2D eigenvalue weighted by atomic mass is 10.1. The van der Waals surface area contributed by atoms with Crippen LogP contribution >= 0.6 is 0 Å². The van der Waals surface area contributed by atoms with Crippen LogP contribution in [0.3, 0.4) is 0 Å². The Labute approximate surface area is 108 Å². The van der Waals surface area contributed by atoms with Gasteiger partial charge in [-0.15, -0.1) is 0 Å². The van der Waals surface area contributed by atoms with Crippen LogP contribution in [0.5, 0.6) is 0 Å². The predicted octanol–water partition coefficient (Wildman–Crippen LogP) is 3.73. The zero-order valence-corrected chi connectivity index (χ0v) is 10.6. The normalized spacial score (nSPS) is 12.1. The van der Waals surface area contributed by atoms with Gasteiger partial charge in [-0.2, -0.15) is 18.3 Å². The van der Waals surface area contributed by atoms with Crippen LogP contribution in [0.25, 0.3) is 11.3 Å². The molecule has 0 aliphatic heterocycles. The third-order valence-corrected chi connectivity index (χ3v) is 2.78. The van der Waals surface area contributed by atoms with E-state index >= 15 is 0 Å². The zero-order valence-electron chi connectivity index (χ0n) is 10.6. The number of alkyl halides is 3. The molecule has 102 valence electrons. The molecular weight excluding hydrogens is 255 g/mol. The van der Waals surface area contributed by atoms with Gasteiger partial charge in [-0.25, -0.2) is 0 Å². The van der Waals surface area contributed by atoms with E-state index in [1.165, 1.54) is 12.1 Å². The molecule has 3 nitrogen and oxygen atoms in total. The van der Waals surface area contributed by atoms with Crippen LogP contribution in [0.15, 0.2) is 30.5 Å². The highest BCUT2D eigenvalue weighted by atomic mass is 19.4. The molecule has 0 aliphatic rings. The molecule has 0 saturated carbocycles. The second-order valence-corrected chi connectivity index (χ2v) is 4.58. The largest absolute Gasteiger partial charge is 0.416 e. The maximum atomic E-state index is 12.5. The molecule has 0 unspecified atom stereocenters. The van der Waals surface area contributed by atoms with Gasteiger partial charge in [0.15, 0.2) is 0 Å². The molecule has 2 aromatic rings. The van der Waals surface area contributed by atoms with Gasteiger partial charge in [0, 0.05) is 17.8 Å². The van der Waals surface area contributed by atoms with Crippen LogP contribution in [0.2, 0.25) is 0 Å². The molecule has 0 bridgehead atoms. The van der Waals surface area contributed by atoms with Crippen molar-refractivity contribution in [1.29, 1.82) is 0 Å². The number of benzene rings is 1. The highest BCUT2D eigenvalue weighted by Crippen LogP contribution is 2.32. The molecule has 0 saturated heterocycles. The van der Waals surface area contributed by atoms with Gasteiger partial charge in [-0.05, 0) is 26.0 Å². The monoisotopic (exact) mass is 269 g/mol. The quantitative estimate of drug-likeness (QED) is 0.902. The first-order valence-electron chi connectivity index (χ1n) is 5.81. The van der Waals surface area contributed by atoms with Crippen LogP contribution < -0.4 is 5.73 Å². The number of hydrogen-bond donors (Lipinski definition) is 1. The number of nitrogen functional groups attached to an aromatic ring is 1. The molecule has 2 N–H and O–H groups in total. The number of hydrogen-bond acceptors (Lipinski definition) is 2. The summed E-state index contributed by atoms with van der Waals surface area (Å²) in [7, 11) is 0. The molecule has 0 amide bonds. The molecule has 1 heterocycles. The van der Waals surface area contributed by atoms with Crippen LogP contribution in [0.1, 0.15) is 25.5 Å². The second-order valence-electron chi connectivity index (χ2n) is 4.58. The molecule has 19 heavy (non-hydrogen) atoms. The van der Waals surface area contributed by atoms with Crippen molar-refractivity contribution in [2.75, 3.05) is 5.73 Å². The van der Waals surface area contributed by atoms with Crippen molar-refractivity contribution in [3.63, 3.8) is 0 Å². The van der Waals surface area contributed by atoms with Crippen LogP contribution in [0, 0.1) is 0 Å². The summed E-state index contributed by atoms with van der Waals surface area (Å²) in [6.45, 7) is 3.89. The molecule has 2 rings (SSSR count). The Hall–Kier alpha value is -1.98. The summed E-state index contributed by atoms with van der Waals surface area (Å²) in [6, 6.07) is 4.97. The third kappa shape index (κ3) is 2.72. The highest BCUT2D eigenvalue weighted by Gasteiger charge is 2.30. The lowest BCUT2D eigenvalue weighted by Crippen LogP contribution is -2.04. The van der Waals surface area contributed by atoms with Gasteiger partial charge in [0.2, 0.25) is 0 Å². The number of aromatic nitrogens is 2. The standard InChI is InChI=1S/C13H14F3N3/c1-8(2)19-7-11(17)12(18-19)9-3-5-10(6-4-9)13(14,15)16/h3-8H,17H2,1-2H3. The summed E-state index contributed by atoms with van der Waals surface area (Å²) < 4.78 is 39.1. The van der Waals surface area contributed by atoms with Crippen molar-refractivity contribution < 1.29 is 13.2 Å². The maximum Gasteiger partial charge on any atom is 0.416 e. The average molecular weight is 269 g/mol. The lowest BCUT2D eigenvalue weighted by molar-refractivity contribution is -0.137. The van der Waals surface area contributed by atoms with E-state index in [9.17, 15) is 13.2 Å². The minimum absolute atomic E-state index is 0.144. The molecule has 0 aliphatic carbocycles. The predicted molar refractivity (Wildman–Crippen MR) is 67.5 cm³/mol. The van der Waals surface area contributed by atoms with E-state index in [4.69, 9.17) is 5.73 Å². The van der Waals surface area contributed by atoms with E-state index < -0.39 is 11.7 Å². The first kappa shape index (κ1) is 13.5. The van der Waals surface area contributed by atoms with Crippen LogP contribution in [-0.4, -0.2) is 9.78 Å². The fourth-order valence-electron chi connectivity index (χ4n) is 1.71. The summed E-state index contributed by atoms with van der Waals surface area (Å²) in [4.78, 5) is 0. The fourth-order valence-corrected chi connectivity index (χ4v) is 1.71. The van der Waals surface area contributed by atoms with Crippen LogP contribution in [-0.2, 0) is 6.18 Å². The summed E-state index contributed by atoms with van der Waals surface area (Å²) in [6.07, 6.45) is -2.65. The fraction of sp³-hybridized carbons (Fsp3) is 0.308. The Kier molecular flexibility index (Phi) is 3.26. The number of rotatable bonds is 2. The number of halogens is 3. The Morgan fingerprint density at radius 2 is 1.74 bits per heavy atom. The van der Waals surface area contributed by atoms with E-state index in [0.29, 0.717) is 16.9 Å². The summed E-state index contributed by atoms with van der Waals surface area (Å²) in [5.41, 5.74) is 6.68. The van der Waals surface area contributed by atoms with Gasteiger partial charge in [0.25, 0.3) is 0 Å². The van der Waals surface area contributed by atoms with E-state index in [-0.39, 0.29) is 6.04 Å². The van der Waals surface area contributed by atoms with Crippen molar-refractivity contribution in [3.8, 4) is 11.3 Å². The van der Waals surface area contributed by atoms with Crippen molar-refractivity contribution in [2.45, 2.75) is 26.1 Å². The molecule has 1 aromatic heterocycles. The maximum absolute atomic E-state index is 12.5. The van der Waals surface area contributed by atoms with Gasteiger partial charge < -0.3 is 5.73 Å². The minimum atomic E-state index is -4.33. The summed E-state index contributed by atoms with van der Waals surface area (Å²) in [5.74, 6) is 0. The van der Waals surface area contributed by atoms with E-state index in [1.807, 2.05) is 13.8 Å². The summed E-state index contributed by atoms with van der Waals surface area (Å²) in [5, 5.41) is 4.28. The van der Waals surface area contributed by atoms with Crippen molar-refractivity contribution in [3.05, 3.63) is 36.0 Å². The van der Waals surface area contributed by atoms with Gasteiger partial charge in [-0.1, -0.05) is 12.1 Å². The Bertz CT molecular complexity index is 568. The number of anilines is 1. The van der Waals surface area contributed by atoms with Gasteiger partial charge in [0.05, 0.1) is 11.3 Å². The van der Waals surface area contributed by atoms with E-state index in [1.54, 1.807) is 10.9 Å². The van der Waals surface area contributed by atoms with Gasteiger partial charge in [0.1, 0.15) is 5.69 Å². The first-order chi connectivity index (χ1) is 8.79. The molecular formula is C13H14F3N3. The van der Waals surface area contributed by atoms with Crippen molar-refractivity contribution >= 4 is 5.69 Å². The highest BCUT2D eigenvalue weighted by molar-refractivity contribution is 5.72. The topological polar surface area (TPSA) is 43.8 Å². The molecule has 1 aromatic carbocycles. The minimum Gasteiger partial charge on any atom is -0.396 e. The third-order valence-electron chi connectivity index (χ3n) is 2.78. The molecule has 0 radical (unpaired) electrons. The number of nitrogens with zero attached hydrogens (tertiary/aromatic N) is 2. The lowest BCUT2D eigenvalue weighted by Gasteiger charge is -2.07. The molecule has 6 heteroatoms. The van der Waals surface area contributed by atoms with Crippen molar-refractivity contribution in [1.82, 2.24) is 9.78 Å². The van der Waals surface area contributed by atoms with Gasteiger partial charge in [-0.3, -0.25) is 4.68 Å². The Morgan fingerprint density at radius 1 is 1.16 bits per heavy atom. The molecule has 0 atom stereocenters.